The van der Waals surface area contributed by atoms with Gasteiger partial charge in [-0.25, -0.2) is 8.42 Å². The fraction of sp³-hybridized carbons (Fsp3) is 0.333. The van der Waals surface area contributed by atoms with Gasteiger partial charge in [-0.05, 0) is 44.2 Å². The van der Waals surface area contributed by atoms with Crippen molar-refractivity contribution in [1.29, 1.82) is 0 Å². The summed E-state index contributed by atoms with van der Waals surface area (Å²) in [6.45, 7) is 3.83. The number of morpholine rings is 1. The Hall–Kier alpha value is -2.93. The molecular formula is C24H27BrN4O6S. The number of nitrogens with two attached hydrogens (primary N) is 1. The number of sulfonamides is 1. The highest BCUT2D eigenvalue weighted by Gasteiger charge is 2.38. The molecule has 1 fully saturated rings. The van der Waals surface area contributed by atoms with E-state index in [1.807, 2.05) is 31.2 Å². The molecule has 1 aromatic heterocycles. The number of carbonyl (C=O) groups excluding carboxylic acids is 2. The number of halogens is 1. The number of nitrogens with one attached hydrogen (secondary N) is 2. The van der Waals surface area contributed by atoms with Gasteiger partial charge in [0.1, 0.15) is 29.0 Å². The predicted molar refractivity (Wildman–Crippen MR) is 137 cm³/mol. The molecule has 1 aliphatic rings. The second-order valence-corrected chi connectivity index (χ2v) is 11.4. The number of aromatic nitrogens is 1. The Balaban J connectivity index is 1.47. The van der Waals surface area contributed by atoms with E-state index in [0.717, 1.165) is 9.87 Å². The van der Waals surface area contributed by atoms with Crippen LogP contribution in [0.3, 0.4) is 0 Å². The van der Waals surface area contributed by atoms with Gasteiger partial charge in [0.05, 0.1) is 12.6 Å². The van der Waals surface area contributed by atoms with E-state index in [1.54, 1.807) is 25.1 Å². The highest BCUT2D eigenvalue weighted by molar-refractivity contribution is 9.10. The van der Waals surface area contributed by atoms with Crippen molar-refractivity contribution in [2.45, 2.75) is 30.9 Å². The summed E-state index contributed by atoms with van der Waals surface area (Å²) in [6, 6.07) is 12.2. The zero-order valence-electron chi connectivity index (χ0n) is 19.8. The lowest BCUT2D eigenvalue weighted by molar-refractivity contribution is -0.137. The number of rotatable bonds is 8. The van der Waals surface area contributed by atoms with E-state index in [9.17, 15) is 18.0 Å². The van der Waals surface area contributed by atoms with Crippen molar-refractivity contribution < 1.29 is 27.5 Å². The van der Waals surface area contributed by atoms with Crippen LogP contribution in [-0.4, -0.2) is 68.0 Å². The molecule has 1 aliphatic heterocycles. The van der Waals surface area contributed by atoms with Crippen LogP contribution in [-0.2, 0) is 19.6 Å². The first-order valence-corrected chi connectivity index (χ1v) is 13.5. The molecule has 2 heterocycles. The standard InChI is InChI=1S/C24H27BrN4O6S/c1-14-3-6-17(7-4-14)35-13-15(2)27-24(31)20-12-29(9-10-34-20)36(32,33)22-18-11-16(25)5-8-19(18)28-21(22)23(26)30/h3-8,11,15,20,28H,9-10,12-13H2,1-2H3,(H2,26,30)(H,27,31). The quantitative estimate of drug-likeness (QED) is 0.374. The SMILES string of the molecule is Cc1ccc(OCC(C)NC(=O)C2CN(S(=O)(=O)c3c(C(N)=O)[nH]c4ccc(Br)cc34)CCO2)cc1. The Kier molecular flexibility index (Phi) is 7.69. The van der Waals surface area contributed by atoms with Gasteiger partial charge in [0, 0.05) is 28.5 Å². The van der Waals surface area contributed by atoms with E-state index in [1.165, 1.54) is 0 Å². The van der Waals surface area contributed by atoms with Gasteiger partial charge in [-0.15, -0.1) is 0 Å². The summed E-state index contributed by atoms with van der Waals surface area (Å²) in [5, 5.41) is 3.13. The number of H-pyrrole nitrogens is 1. The summed E-state index contributed by atoms with van der Waals surface area (Å²) in [5.41, 5.74) is 6.84. The molecule has 1 saturated heterocycles. The van der Waals surface area contributed by atoms with Crippen molar-refractivity contribution in [3.8, 4) is 5.75 Å². The molecule has 0 saturated carbocycles. The van der Waals surface area contributed by atoms with E-state index in [-0.39, 0.29) is 42.9 Å². The highest BCUT2D eigenvalue weighted by Crippen LogP contribution is 2.32. The van der Waals surface area contributed by atoms with E-state index in [2.05, 4.69) is 26.2 Å². The summed E-state index contributed by atoms with van der Waals surface area (Å²) in [6.07, 6.45) is -1.02. The van der Waals surface area contributed by atoms with Crippen molar-refractivity contribution in [3.63, 3.8) is 0 Å². The highest BCUT2D eigenvalue weighted by atomic mass is 79.9. The van der Waals surface area contributed by atoms with Crippen molar-refractivity contribution in [2.75, 3.05) is 26.3 Å². The normalized spacial score (nSPS) is 17.6. The van der Waals surface area contributed by atoms with E-state index in [0.29, 0.717) is 21.1 Å². The molecule has 4 rings (SSSR count). The lowest BCUT2D eigenvalue weighted by atomic mass is 10.2. The third-order valence-electron chi connectivity index (χ3n) is 5.79. The van der Waals surface area contributed by atoms with Gasteiger partial charge in [0.2, 0.25) is 10.0 Å². The number of amides is 2. The average molecular weight is 579 g/mol. The number of nitrogens with zero attached hydrogens (tertiary/aromatic N) is 1. The van der Waals surface area contributed by atoms with Crippen molar-refractivity contribution in [1.82, 2.24) is 14.6 Å². The van der Waals surface area contributed by atoms with Crippen LogP contribution in [0, 0.1) is 6.92 Å². The molecule has 2 unspecified atom stereocenters. The maximum Gasteiger partial charge on any atom is 0.266 e. The minimum absolute atomic E-state index is 0.0174. The maximum absolute atomic E-state index is 13.6. The maximum atomic E-state index is 13.6. The Morgan fingerprint density at radius 2 is 2.00 bits per heavy atom. The number of aryl methyl sites for hydroxylation is 1. The summed E-state index contributed by atoms with van der Waals surface area (Å²) in [7, 11) is -4.19. The molecule has 36 heavy (non-hydrogen) atoms. The molecule has 2 amide bonds. The third kappa shape index (κ3) is 5.56. The minimum atomic E-state index is -4.19. The van der Waals surface area contributed by atoms with Crippen molar-refractivity contribution in [3.05, 3.63) is 58.2 Å². The van der Waals surface area contributed by atoms with Gasteiger partial charge >= 0.3 is 0 Å². The van der Waals surface area contributed by atoms with Crippen molar-refractivity contribution >= 4 is 48.7 Å². The average Bonchev–Trinajstić information content (AvgIpc) is 3.23. The van der Waals surface area contributed by atoms with Gasteiger partial charge in [-0.3, -0.25) is 9.59 Å². The van der Waals surface area contributed by atoms with Crippen LogP contribution < -0.4 is 15.8 Å². The van der Waals surface area contributed by atoms with Gasteiger partial charge in [0.15, 0.2) is 0 Å². The number of hydrogen-bond donors (Lipinski definition) is 3. The second-order valence-electron chi connectivity index (χ2n) is 8.64. The molecule has 10 nitrogen and oxygen atoms in total. The zero-order valence-corrected chi connectivity index (χ0v) is 22.2. The minimum Gasteiger partial charge on any atom is -0.491 e. The Bertz CT molecular complexity index is 1390. The lowest BCUT2D eigenvalue weighted by Gasteiger charge is -2.32. The fourth-order valence-corrected chi connectivity index (χ4v) is 6.07. The number of hydrogen-bond acceptors (Lipinski definition) is 6. The summed E-state index contributed by atoms with van der Waals surface area (Å²) in [4.78, 5) is 27.5. The van der Waals surface area contributed by atoms with Gasteiger partial charge in [-0.2, -0.15) is 4.31 Å². The Labute approximate surface area is 217 Å². The Morgan fingerprint density at radius 3 is 2.69 bits per heavy atom. The van der Waals surface area contributed by atoms with Crippen molar-refractivity contribution in [2.24, 2.45) is 5.73 Å². The number of benzene rings is 2. The largest absolute Gasteiger partial charge is 0.491 e. The number of ether oxygens (including phenoxy) is 2. The summed E-state index contributed by atoms with van der Waals surface area (Å²) >= 11 is 3.34. The monoisotopic (exact) mass is 578 g/mol. The second kappa shape index (κ2) is 10.6. The molecule has 3 aromatic rings. The Morgan fingerprint density at radius 1 is 1.28 bits per heavy atom. The molecule has 2 aromatic carbocycles. The number of fused-ring (bicyclic) bond motifs is 1. The molecule has 192 valence electrons. The third-order valence-corrected chi connectivity index (χ3v) is 8.23. The molecule has 2 atom stereocenters. The molecule has 0 bridgehead atoms. The molecule has 12 heteroatoms. The molecule has 0 aliphatic carbocycles. The van der Waals surface area contributed by atoms with Crippen LogP contribution in [0.1, 0.15) is 23.0 Å². The van der Waals surface area contributed by atoms with E-state index in [4.69, 9.17) is 15.2 Å². The predicted octanol–water partition coefficient (Wildman–Crippen LogP) is 2.31. The first-order chi connectivity index (χ1) is 17.1. The number of carbonyl (C=O) groups is 2. The van der Waals surface area contributed by atoms with Crippen LogP contribution in [0.4, 0.5) is 0 Å². The first-order valence-electron chi connectivity index (χ1n) is 11.3. The van der Waals surface area contributed by atoms with Crippen LogP contribution in [0.15, 0.2) is 51.8 Å². The van der Waals surface area contributed by atoms with Gasteiger partial charge in [0.25, 0.3) is 11.8 Å². The van der Waals surface area contributed by atoms with Crippen LogP contribution in [0.5, 0.6) is 5.75 Å². The van der Waals surface area contributed by atoms with Crippen LogP contribution in [0.2, 0.25) is 0 Å². The summed E-state index contributed by atoms with van der Waals surface area (Å²) < 4.78 is 40.4. The molecule has 0 radical (unpaired) electrons. The smallest absolute Gasteiger partial charge is 0.266 e. The van der Waals surface area contributed by atoms with E-state index < -0.39 is 27.9 Å². The van der Waals surface area contributed by atoms with E-state index >= 15 is 0 Å². The number of aromatic amines is 1. The molecule has 0 spiro atoms. The number of primary amides is 1. The van der Waals surface area contributed by atoms with Crippen LogP contribution in [0.25, 0.3) is 10.9 Å². The topological polar surface area (TPSA) is 144 Å². The zero-order chi connectivity index (χ0) is 26.0. The lowest BCUT2D eigenvalue weighted by Crippen LogP contribution is -2.53. The molecule has 4 N–H and O–H groups in total. The van der Waals surface area contributed by atoms with Gasteiger partial charge in [-0.1, -0.05) is 33.6 Å². The summed E-state index contributed by atoms with van der Waals surface area (Å²) in [5.74, 6) is -0.666. The van der Waals surface area contributed by atoms with Crippen LogP contribution >= 0.6 is 15.9 Å². The first kappa shape index (κ1) is 26.1. The van der Waals surface area contributed by atoms with Gasteiger partial charge < -0.3 is 25.5 Å². The molecular weight excluding hydrogens is 552 g/mol. The fourth-order valence-electron chi connectivity index (χ4n) is 3.95.